The van der Waals surface area contributed by atoms with Crippen LogP contribution in [0.5, 0.6) is 0 Å². The Morgan fingerprint density at radius 1 is 1.35 bits per heavy atom. The molecule has 0 saturated carbocycles. The highest BCUT2D eigenvalue weighted by Gasteiger charge is 2.03. The van der Waals surface area contributed by atoms with Crippen molar-refractivity contribution in [3.63, 3.8) is 0 Å². The second-order valence-electron chi connectivity index (χ2n) is 4.31. The van der Waals surface area contributed by atoms with Crippen LogP contribution >= 0.6 is 11.6 Å². The van der Waals surface area contributed by atoms with Gasteiger partial charge >= 0.3 is 5.97 Å². The number of carbonyl (C=O) groups is 1. The monoisotopic (exact) mass is 255 g/mol. The van der Waals surface area contributed by atoms with Gasteiger partial charge in [0.2, 0.25) is 0 Å². The predicted molar refractivity (Wildman–Crippen MR) is 69.0 cm³/mol. The Labute approximate surface area is 107 Å². The molecule has 17 heavy (non-hydrogen) atoms. The van der Waals surface area contributed by atoms with Crippen LogP contribution in [0.2, 0.25) is 5.02 Å². The fourth-order valence-electron chi connectivity index (χ4n) is 1.26. The van der Waals surface area contributed by atoms with E-state index in [9.17, 15) is 4.79 Å². The van der Waals surface area contributed by atoms with Crippen molar-refractivity contribution in [2.24, 2.45) is 5.92 Å². The molecular weight excluding hydrogens is 238 g/mol. The number of esters is 1. The van der Waals surface area contributed by atoms with Gasteiger partial charge in [0.1, 0.15) is 6.61 Å². The first-order valence-electron chi connectivity index (χ1n) is 5.68. The summed E-state index contributed by atoms with van der Waals surface area (Å²) >= 11 is 5.75. The molecule has 0 fully saturated rings. The Morgan fingerprint density at radius 2 is 2.00 bits per heavy atom. The van der Waals surface area contributed by atoms with E-state index in [1.54, 1.807) is 12.1 Å². The predicted octanol–water partition coefficient (Wildman–Crippen LogP) is 2.63. The van der Waals surface area contributed by atoms with Gasteiger partial charge in [-0.3, -0.25) is 4.79 Å². The van der Waals surface area contributed by atoms with Crippen LogP contribution in [0.15, 0.2) is 24.3 Å². The molecular formula is C13H18ClNO2. The first kappa shape index (κ1) is 14.0. The average Bonchev–Trinajstić information content (AvgIpc) is 2.28. The molecule has 0 aliphatic carbocycles. The number of benzene rings is 1. The number of hydrogen-bond donors (Lipinski definition) is 1. The molecule has 1 rings (SSSR count). The van der Waals surface area contributed by atoms with Crippen molar-refractivity contribution < 1.29 is 9.53 Å². The maximum Gasteiger partial charge on any atom is 0.320 e. The summed E-state index contributed by atoms with van der Waals surface area (Å²) in [5.74, 6) is 0.291. The third-order valence-electron chi connectivity index (χ3n) is 2.14. The second-order valence-corrected chi connectivity index (χ2v) is 4.75. The highest BCUT2D eigenvalue weighted by atomic mass is 35.5. The molecule has 4 heteroatoms. The lowest BCUT2D eigenvalue weighted by Gasteiger charge is -2.08. The molecule has 0 aliphatic heterocycles. The number of nitrogens with one attached hydrogen (secondary N) is 1. The summed E-state index contributed by atoms with van der Waals surface area (Å²) < 4.78 is 5.11. The highest BCUT2D eigenvalue weighted by Crippen LogP contribution is 2.10. The fraction of sp³-hybridized carbons (Fsp3) is 0.462. The van der Waals surface area contributed by atoms with Crippen LogP contribution in [0.1, 0.15) is 19.4 Å². The SMILES string of the molecule is CC(C)CNCC(=O)OCc1ccc(Cl)cc1. The van der Waals surface area contributed by atoms with E-state index in [1.165, 1.54) is 0 Å². The standard InChI is InChI=1S/C13H18ClNO2/c1-10(2)7-15-8-13(16)17-9-11-3-5-12(14)6-4-11/h3-6,10,15H,7-9H2,1-2H3. The van der Waals surface area contributed by atoms with Gasteiger partial charge in [0, 0.05) is 5.02 Å². The number of carbonyl (C=O) groups excluding carboxylic acids is 1. The van der Waals surface area contributed by atoms with E-state index >= 15 is 0 Å². The highest BCUT2D eigenvalue weighted by molar-refractivity contribution is 6.30. The van der Waals surface area contributed by atoms with Crippen LogP contribution in [0.3, 0.4) is 0 Å². The minimum Gasteiger partial charge on any atom is -0.460 e. The van der Waals surface area contributed by atoms with Crippen molar-refractivity contribution in [3.8, 4) is 0 Å². The van der Waals surface area contributed by atoms with Gasteiger partial charge < -0.3 is 10.1 Å². The summed E-state index contributed by atoms with van der Waals surface area (Å²) in [7, 11) is 0. The topological polar surface area (TPSA) is 38.3 Å². The number of halogens is 1. The first-order valence-corrected chi connectivity index (χ1v) is 6.06. The van der Waals surface area contributed by atoms with E-state index in [0.717, 1.165) is 12.1 Å². The molecule has 0 bridgehead atoms. The van der Waals surface area contributed by atoms with Crippen LogP contribution < -0.4 is 5.32 Å². The molecule has 0 atom stereocenters. The number of ether oxygens (including phenoxy) is 1. The maximum absolute atomic E-state index is 11.4. The molecule has 0 radical (unpaired) electrons. The van der Waals surface area contributed by atoms with Crippen molar-refractivity contribution in [2.45, 2.75) is 20.5 Å². The Kier molecular flexibility index (Phi) is 6.01. The lowest BCUT2D eigenvalue weighted by atomic mass is 10.2. The van der Waals surface area contributed by atoms with Crippen molar-refractivity contribution in [1.82, 2.24) is 5.32 Å². The summed E-state index contributed by atoms with van der Waals surface area (Å²) in [5.41, 5.74) is 0.937. The summed E-state index contributed by atoms with van der Waals surface area (Å²) in [6.07, 6.45) is 0. The molecule has 0 spiro atoms. The van der Waals surface area contributed by atoms with E-state index in [4.69, 9.17) is 16.3 Å². The largest absolute Gasteiger partial charge is 0.460 e. The van der Waals surface area contributed by atoms with Gasteiger partial charge in [0.15, 0.2) is 0 Å². The van der Waals surface area contributed by atoms with Crippen molar-refractivity contribution in [2.75, 3.05) is 13.1 Å². The first-order chi connectivity index (χ1) is 8.08. The number of hydrogen-bond acceptors (Lipinski definition) is 3. The van der Waals surface area contributed by atoms with E-state index in [0.29, 0.717) is 17.5 Å². The van der Waals surface area contributed by atoms with Crippen LogP contribution in [-0.4, -0.2) is 19.1 Å². The zero-order chi connectivity index (χ0) is 12.7. The van der Waals surface area contributed by atoms with Crippen LogP contribution in [-0.2, 0) is 16.1 Å². The summed E-state index contributed by atoms with van der Waals surface area (Å²) in [5, 5.41) is 3.71. The number of rotatable bonds is 6. The minimum atomic E-state index is -0.236. The van der Waals surface area contributed by atoms with Crippen LogP contribution in [0.4, 0.5) is 0 Å². The molecule has 1 aromatic rings. The molecule has 94 valence electrons. The normalized spacial score (nSPS) is 10.6. The Balaban J connectivity index is 2.21. The lowest BCUT2D eigenvalue weighted by Crippen LogP contribution is -2.27. The van der Waals surface area contributed by atoms with Crippen molar-refractivity contribution in [3.05, 3.63) is 34.9 Å². The van der Waals surface area contributed by atoms with Crippen molar-refractivity contribution in [1.29, 1.82) is 0 Å². The zero-order valence-corrected chi connectivity index (χ0v) is 11.0. The summed E-state index contributed by atoms with van der Waals surface area (Å²) in [4.78, 5) is 11.4. The molecule has 0 saturated heterocycles. The smallest absolute Gasteiger partial charge is 0.320 e. The van der Waals surface area contributed by atoms with Crippen LogP contribution in [0, 0.1) is 5.92 Å². The average molecular weight is 256 g/mol. The van der Waals surface area contributed by atoms with Crippen LogP contribution in [0.25, 0.3) is 0 Å². The molecule has 3 nitrogen and oxygen atoms in total. The van der Waals surface area contributed by atoms with Gasteiger partial charge in [-0.1, -0.05) is 37.6 Å². The van der Waals surface area contributed by atoms with E-state index < -0.39 is 0 Å². The second kappa shape index (κ2) is 7.30. The van der Waals surface area contributed by atoms with Gasteiger partial charge in [-0.15, -0.1) is 0 Å². The van der Waals surface area contributed by atoms with Crippen molar-refractivity contribution >= 4 is 17.6 Å². The molecule has 0 heterocycles. The van der Waals surface area contributed by atoms with Gasteiger partial charge in [0.25, 0.3) is 0 Å². The summed E-state index contributed by atoms with van der Waals surface area (Å²) in [6, 6.07) is 7.25. The van der Waals surface area contributed by atoms with E-state index in [2.05, 4.69) is 19.2 Å². The molecule has 0 aliphatic rings. The lowest BCUT2D eigenvalue weighted by molar-refractivity contribution is -0.143. The molecule has 0 aromatic heterocycles. The molecule has 1 aromatic carbocycles. The van der Waals surface area contributed by atoms with E-state index in [-0.39, 0.29) is 12.5 Å². The fourth-order valence-corrected chi connectivity index (χ4v) is 1.38. The Morgan fingerprint density at radius 3 is 2.59 bits per heavy atom. The third kappa shape index (κ3) is 6.29. The molecule has 0 amide bonds. The van der Waals surface area contributed by atoms with Gasteiger partial charge in [-0.2, -0.15) is 0 Å². The minimum absolute atomic E-state index is 0.236. The maximum atomic E-state index is 11.4. The quantitative estimate of drug-likeness (QED) is 0.795. The van der Waals surface area contributed by atoms with E-state index in [1.807, 2.05) is 12.1 Å². The summed E-state index contributed by atoms with van der Waals surface area (Å²) in [6.45, 7) is 5.54. The third-order valence-corrected chi connectivity index (χ3v) is 2.39. The molecule has 1 N–H and O–H groups in total. The zero-order valence-electron chi connectivity index (χ0n) is 10.2. The van der Waals surface area contributed by atoms with Gasteiger partial charge in [-0.25, -0.2) is 0 Å². The van der Waals surface area contributed by atoms with Gasteiger partial charge in [0.05, 0.1) is 6.54 Å². The Bertz CT molecular complexity index is 349. The Hall–Kier alpha value is -1.06. The van der Waals surface area contributed by atoms with Gasteiger partial charge in [-0.05, 0) is 30.2 Å². The molecule has 0 unspecified atom stereocenters.